The summed E-state index contributed by atoms with van der Waals surface area (Å²) in [6, 6.07) is 4.83. The molecule has 0 aliphatic heterocycles. The first-order chi connectivity index (χ1) is 7.11. The molecule has 0 atom stereocenters. The van der Waals surface area contributed by atoms with E-state index in [0.717, 1.165) is 0 Å². The van der Waals surface area contributed by atoms with Crippen LogP contribution in [0.4, 0.5) is 0 Å². The molecule has 1 aromatic heterocycles. The number of nitrogens with two attached hydrogens (primary N) is 1. The minimum atomic E-state index is -0.654. The molecule has 0 radical (unpaired) electrons. The van der Waals surface area contributed by atoms with E-state index in [1.165, 1.54) is 6.07 Å². The number of hydrogen-bond donors (Lipinski definition) is 1. The van der Waals surface area contributed by atoms with Crippen LogP contribution < -0.4 is 11.4 Å². The van der Waals surface area contributed by atoms with Crippen LogP contribution >= 0.6 is 0 Å². The Labute approximate surface area is 84.5 Å². The SMILES string of the molecule is Cc1noc(=O)c2c(C(N)=O)cccc12. The number of fused-ring (bicyclic) bond motifs is 1. The van der Waals surface area contributed by atoms with E-state index < -0.39 is 11.5 Å². The Morgan fingerprint density at radius 2 is 2.20 bits per heavy atom. The lowest BCUT2D eigenvalue weighted by Crippen LogP contribution is -2.15. The number of aromatic nitrogens is 1. The van der Waals surface area contributed by atoms with Crippen LogP contribution in [0.5, 0.6) is 0 Å². The second-order valence-electron chi connectivity index (χ2n) is 3.15. The van der Waals surface area contributed by atoms with Gasteiger partial charge in [0.2, 0.25) is 5.91 Å². The molecule has 0 saturated heterocycles. The number of nitrogens with zero attached hydrogens (tertiary/aromatic N) is 1. The first-order valence-corrected chi connectivity index (χ1v) is 4.30. The maximum Gasteiger partial charge on any atom is 0.367 e. The number of carbonyl (C=O) groups is 1. The summed E-state index contributed by atoms with van der Waals surface area (Å²) in [4.78, 5) is 22.5. The van der Waals surface area contributed by atoms with E-state index in [-0.39, 0.29) is 10.9 Å². The Bertz CT molecular complexity index is 601. The molecule has 0 aliphatic carbocycles. The van der Waals surface area contributed by atoms with Crippen LogP contribution in [-0.4, -0.2) is 11.1 Å². The van der Waals surface area contributed by atoms with Crippen molar-refractivity contribution in [2.45, 2.75) is 6.92 Å². The second-order valence-corrected chi connectivity index (χ2v) is 3.15. The van der Waals surface area contributed by atoms with Gasteiger partial charge in [0.15, 0.2) is 0 Å². The average molecular weight is 204 g/mol. The normalized spacial score (nSPS) is 10.5. The fourth-order valence-corrected chi connectivity index (χ4v) is 1.48. The molecule has 0 bridgehead atoms. The van der Waals surface area contributed by atoms with Gasteiger partial charge in [-0.2, -0.15) is 0 Å². The molecular weight excluding hydrogens is 196 g/mol. The molecule has 2 rings (SSSR count). The third kappa shape index (κ3) is 1.38. The quantitative estimate of drug-likeness (QED) is 0.736. The van der Waals surface area contributed by atoms with E-state index in [1.807, 2.05) is 0 Å². The molecule has 1 aromatic carbocycles. The van der Waals surface area contributed by atoms with Gasteiger partial charge in [-0.3, -0.25) is 4.79 Å². The summed E-state index contributed by atoms with van der Waals surface area (Å²) in [5.41, 5.74) is 5.22. The van der Waals surface area contributed by atoms with Crippen molar-refractivity contribution in [3.8, 4) is 0 Å². The maximum atomic E-state index is 11.4. The zero-order valence-corrected chi connectivity index (χ0v) is 7.98. The van der Waals surface area contributed by atoms with Crippen LogP contribution in [0.3, 0.4) is 0 Å². The van der Waals surface area contributed by atoms with E-state index in [1.54, 1.807) is 19.1 Å². The topological polar surface area (TPSA) is 86.2 Å². The standard InChI is InChI=1S/C10H8N2O3/c1-5-6-3-2-4-7(9(11)13)8(6)10(14)15-12-5/h2-4H,1H3,(H2,11,13). The highest BCUT2D eigenvalue weighted by Crippen LogP contribution is 2.16. The Morgan fingerprint density at radius 1 is 1.47 bits per heavy atom. The zero-order chi connectivity index (χ0) is 11.0. The Kier molecular flexibility index (Phi) is 2.00. The van der Waals surface area contributed by atoms with Gasteiger partial charge >= 0.3 is 5.63 Å². The number of hydrogen-bond acceptors (Lipinski definition) is 4. The minimum Gasteiger partial charge on any atom is -0.366 e. The van der Waals surface area contributed by atoms with E-state index in [0.29, 0.717) is 11.1 Å². The molecule has 76 valence electrons. The van der Waals surface area contributed by atoms with Gasteiger partial charge < -0.3 is 10.3 Å². The highest BCUT2D eigenvalue weighted by molar-refractivity contribution is 6.06. The molecule has 1 amide bonds. The van der Waals surface area contributed by atoms with Crippen molar-refractivity contribution in [1.29, 1.82) is 0 Å². The number of amides is 1. The summed E-state index contributed by atoms with van der Waals surface area (Å²) in [7, 11) is 0. The molecule has 15 heavy (non-hydrogen) atoms. The van der Waals surface area contributed by atoms with Gasteiger partial charge in [0.1, 0.15) is 0 Å². The lowest BCUT2D eigenvalue weighted by Gasteiger charge is -2.01. The first kappa shape index (κ1) is 9.39. The molecule has 0 aliphatic rings. The first-order valence-electron chi connectivity index (χ1n) is 4.30. The monoisotopic (exact) mass is 204 g/mol. The lowest BCUT2D eigenvalue weighted by molar-refractivity contribution is 0.100. The van der Waals surface area contributed by atoms with Crippen LogP contribution in [0.1, 0.15) is 16.1 Å². The third-order valence-corrected chi connectivity index (χ3v) is 2.19. The highest BCUT2D eigenvalue weighted by atomic mass is 16.5. The highest BCUT2D eigenvalue weighted by Gasteiger charge is 2.12. The summed E-state index contributed by atoms with van der Waals surface area (Å²) < 4.78 is 4.55. The molecule has 0 fully saturated rings. The van der Waals surface area contributed by atoms with Crippen LogP contribution in [0.15, 0.2) is 27.5 Å². The molecule has 5 nitrogen and oxygen atoms in total. The predicted molar refractivity (Wildman–Crippen MR) is 53.5 cm³/mol. The summed E-state index contributed by atoms with van der Waals surface area (Å²) in [5.74, 6) is -0.654. The Balaban J connectivity index is 3.03. The van der Waals surface area contributed by atoms with E-state index in [4.69, 9.17) is 5.73 Å². The van der Waals surface area contributed by atoms with Crippen LogP contribution in [-0.2, 0) is 0 Å². The summed E-state index contributed by atoms with van der Waals surface area (Å²) in [6.45, 7) is 1.69. The van der Waals surface area contributed by atoms with Gasteiger partial charge in [0.25, 0.3) is 0 Å². The lowest BCUT2D eigenvalue weighted by atomic mass is 10.1. The van der Waals surface area contributed by atoms with Crippen molar-refractivity contribution in [2.24, 2.45) is 5.73 Å². The number of aryl methyl sites for hydroxylation is 1. The number of benzene rings is 1. The van der Waals surface area contributed by atoms with E-state index >= 15 is 0 Å². The molecule has 0 saturated carbocycles. The zero-order valence-electron chi connectivity index (χ0n) is 7.98. The molecule has 2 aromatic rings. The second kappa shape index (κ2) is 3.20. The van der Waals surface area contributed by atoms with Crippen LogP contribution in [0.25, 0.3) is 10.8 Å². The Morgan fingerprint density at radius 3 is 2.87 bits per heavy atom. The summed E-state index contributed by atoms with van der Waals surface area (Å²) in [6.07, 6.45) is 0. The van der Waals surface area contributed by atoms with Gasteiger partial charge in [-0.25, -0.2) is 4.79 Å². The molecule has 2 N–H and O–H groups in total. The summed E-state index contributed by atoms with van der Waals surface area (Å²) in [5, 5.41) is 4.35. The van der Waals surface area contributed by atoms with Crippen molar-refractivity contribution in [2.75, 3.05) is 0 Å². The van der Waals surface area contributed by atoms with Crippen molar-refractivity contribution < 1.29 is 9.32 Å². The summed E-state index contributed by atoms with van der Waals surface area (Å²) >= 11 is 0. The van der Waals surface area contributed by atoms with Crippen molar-refractivity contribution in [3.63, 3.8) is 0 Å². The third-order valence-electron chi connectivity index (χ3n) is 2.19. The number of primary amides is 1. The fourth-order valence-electron chi connectivity index (χ4n) is 1.48. The van der Waals surface area contributed by atoms with Crippen molar-refractivity contribution in [3.05, 3.63) is 39.9 Å². The smallest absolute Gasteiger partial charge is 0.366 e. The van der Waals surface area contributed by atoms with E-state index in [2.05, 4.69) is 9.68 Å². The van der Waals surface area contributed by atoms with Crippen LogP contribution in [0.2, 0.25) is 0 Å². The average Bonchev–Trinajstić information content (AvgIpc) is 2.23. The fraction of sp³-hybridized carbons (Fsp3) is 0.100. The van der Waals surface area contributed by atoms with Gasteiger partial charge in [-0.1, -0.05) is 17.3 Å². The van der Waals surface area contributed by atoms with Gasteiger partial charge in [-0.15, -0.1) is 0 Å². The van der Waals surface area contributed by atoms with Gasteiger partial charge in [0, 0.05) is 5.39 Å². The predicted octanol–water partition coefficient (Wildman–Crippen LogP) is 0.595. The molecular formula is C10H8N2O3. The molecule has 5 heteroatoms. The molecule has 0 spiro atoms. The minimum absolute atomic E-state index is 0.159. The van der Waals surface area contributed by atoms with Gasteiger partial charge in [-0.05, 0) is 13.0 Å². The number of rotatable bonds is 1. The van der Waals surface area contributed by atoms with Crippen LogP contribution in [0, 0.1) is 6.92 Å². The van der Waals surface area contributed by atoms with Crippen molar-refractivity contribution in [1.82, 2.24) is 5.16 Å². The Hall–Kier alpha value is -2.17. The van der Waals surface area contributed by atoms with E-state index in [9.17, 15) is 9.59 Å². The maximum absolute atomic E-state index is 11.4. The number of carbonyl (C=O) groups excluding carboxylic acids is 1. The van der Waals surface area contributed by atoms with Gasteiger partial charge in [0.05, 0.1) is 16.6 Å². The largest absolute Gasteiger partial charge is 0.367 e. The van der Waals surface area contributed by atoms with Crippen molar-refractivity contribution >= 4 is 16.7 Å². The molecule has 1 heterocycles. The molecule has 0 unspecified atom stereocenters.